The second-order valence-electron chi connectivity index (χ2n) is 6.67. The molecule has 0 spiro atoms. The van der Waals surface area contributed by atoms with Crippen LogP contribution in [0.4, 0.5) is 5.69 Å². The van der Waals surface area contributed by atoms with Crippen molar-refractivity contribution in [2.45, 2.75) is 20.5 Å². The van der Waals surface area contributed by atoms with Crippen LogP contribution in [-0.2, 0) is 6.61 Å². The highest BCUT2D eigenvalue weighted by Gasteiger charge is 2.12. The summed E-state index contributed by atoms with van der Waals surface area (Å²) in [7, 11) is 1.59. The molecule has 29 heavy (non-hydrogen) atoms. The lowest BCUT2D eigenvalue weighted by atomic mass is 10.1. The lowest BCUT2D eigenvalue weighted by Gasteiger charge is -2.13. The highest BCUT2D eigenvalue weighted by molar-refractivity contribution is 6.35. The molecule has 0 fully saturated rings. The fraction of sp³-hybridized carbons (Fsp3) is 0.174. The van der Waals surface area contributed by atoms with Gasteiger partial charge in [0.1, 0.15) is 18.1 Å². The van der Waals surface area contributed by atoms with Crippen LogP contribution in [-0.4, -0.2) is 13.0 Å². The zero-order valence-electron chi connectivity index (χ0n) is 16.4. The van der Waals surface area contributed by atoms with Crippen molar-refractivity contribution in [2.75, 3.05) is 12.4 Å². The summed E-state index contributed by atoms with van der Waals surface area (Å²) in [4.78, 5) is 12.7. The third-order valence-corrected chi connectivity index (χ3v) is 4.97. The predicted octanol–water partition coefficient (Wildman–Crippen LogP) is 6.45. The van der Waals surface area contributed by atoms with Crippen LogP contribution in [0.25, 0.3) is 0 Å². The molecule has 0 aromatic heterocycles. The van der Waals surface area contributed by atoms with Crippen molar-refractivity contribution in [2.24, 2.45) is 0 Å². The number of rotatable bonds is 6. The van der Waals surface area contributed by atoms with Gasteiger partial charge in [-0.05, 0) is 73.5 Å². The van der Waals surface area contributed by atoms with Crippen LogP contribution in [0.3, 0.4) is 0 Å². The molecule has 0 aliphatic rings. The Balaban J connectivity index is 1.78. The lowest BCUT2D eigenvalue weighted by Crippen LogP contribution is -2.13. The number of nitrogens with one attached hydrogen (secondary N) is 1. The Morgan fingerprint density at radius 3 is 2.31 bits per heavy atom. The Morgan fingerprint density at radius 1 is 0.931 bits per heavy atom. The van der Waals surface area contributed by atoms with Crippen molar-refractivity contribution in [3.63, 3.8) is 0 Å². The highest BCUT2D eigenvalue weighted by Crippen LogP contribution is 2.26. The molecule has 0 atom stereocenters. The van der Waals surface area contributed by atoms with Crippen LogP contribution in [0.15, 0.2) is 54.6 Å². The molecule has 0 heterocycles. The Bertz CT molecular complexity index is 1030. The first-order valence-electron chi connectivity index (χ1n) is 9.00. The smallest absolute Gasteiger partial charge is 0.255 e. The Labute approximate surface area is 180 Å². The van der Waals surface area contributed by atoms with Crippen molar-refractivity contribution in [1.82, 2.24) is 0 Å². The molecule has 0 bridgehead atoms. The molecule has 1 N–H and O–H groups in total. The number of hydrogen-bond acceptors (Lipinski definition) is 3. The molecule has 4 nitrogen and oxygen atoms in total. The fourth-order valence-electron chi connectivity index (χ4n) is 2.83. The number of carbonyl (C=O) groups is 1. The Morgan fingerprint density at radius 2 is 1.66 bits per heavy atom. The number of hydrogen-bond donors (Lipinski definition) is 1. The van der Waals surface area contributed by atoms with Gasteiger partial charge in [0.05, 0.1) is 7.11 Å². The molecule has 0 aliphatic carbocycles. The number of amides is 1. The Kier molecular flexibility index (Phi) is 6.68. The number of anilines is 1. The van der Waals surface area contributed by atoms with Gasteiger partial charge in [-0.3, -0.25) is 4.79 Å². The van der Waals surface area contributed by atoms with Crippen molar-refractivity contribution >= 4 is 34.8 Å². The molecule has 3 aromatic rings. The van der Waals surface area contributed by atoms with E-state index in [1.54, 1.807) is 43.5 Å². The summed E-state index contributed by atoms with van der Waals surface area (Å²) in [6.07, 6.45) is 0. The van der Waals surface area contributed by atoms with Crippen molar-refractivity contribution in [3.8, 4) is 11.5 Å². The summed E-state index contributed by atoms with van der Waals surface area (Å²) in [5.74, 6) is 1.13. The van der Waals surface area contributed by atoms with E-state index >= 15 is 0 Å². The summed E-state index contributed by atoms with van der Waals surface area (Å²) >= 11 is 12.0. The number of benzene rings is 3. The summed E-state index contributed by atoms with van der Waals surface area (Å²) < 4.78 is 11.3. The van der Waals surface area contributed by atoms with E-state index in [0.717, 1.165) is 16.9 Å². The molecule has 0 saturated carbocycles. The summed E-state index contributed by atoms with van der Waals surface area (Å²) in [6.45, 7) is 4.36. The second kappa shape index (κ2) is 9.21. The maximum Gasteiger partial charge on any atom is 0.255 e. The third kappa shape index (κ3) is 5.43. The molecule has 6 heteroatoms. The molecular weight excluding hydrogens is 409 g/mol. The van der Waals surface area contributed by atoms with E-state index in [-0.39, 0.29) is 12.5 Å². The first-order chi connectivity index (χ1) is 13.9. The molecule has 0 radical (unpaired) electrons. The van der Waals surface area contributed by atoms with Crippen LogP contribution < -0.4 is 14.8 Å². The quantitative estimate of drug-likeness (QED) is 0.489. The highest BCUT2D eigenvalue weighted by atomic mass is 35.5. The normalized spacial score (nSPS) is 10.5. The van der Waals surface area contributed by atoms with Gasteiger partial charge in [0.25, 0.3) is 5.91 Å². The number of aryl methyl sites for hydroxylation is 2. The predicted molar refractivity (Wildman–Crippen MR) is 118 cm³/mol. The standard InChI is InChI=1S/C23H21Cl2NO3/c1-14-4-6-21(8-15(14)2)29-13-17-9-16(5-7-22(17)28-3)23(27)26-20-11-18(24)10-19(25)12-20/h4-12H,13H2,1-3H3,(H,26,27). The van der Waals surface area contributed by atoms with E-state index in [4.69, 9.17) is 32.7 Å². The molecular formula is C23H21Cl2NO3. The van der Waals surface area contributed by atoms with E-state index in [1.807, 2.05) is 25.1 Å². The third-order valence-electron chi connectivity index (χ3n) is 4.54. The summed E-state index contributed by atoms with van der Waals surface area (Å²) in [5.41, 5.74) is 4.12. The second-order valence-corrected chi connectivity index (χ2v) is 7.55. The Hall–Kier alpha value is -2.69. The monoisotopic (exact) mass is 429 g/mol. The minimum atomic E-state index is -0.279. The van der Waals surface area contributed by atoms with E-state index in [2.05, 4.69) is 12.2 Å². The topological polar surface area (TPSA) is 47.6 Å². The van der Waals surface area contributed by atoms with Crippen molar-refractivity contribution < 1.29 is 14.3 Å². The SMILES string of the molecule is COc1ccc(C(=O)Nc2cc(Cl)cc(Cl)c2)cc1COc1ccc(C)c(C)c1. The van der Waals surface area contributed by atoms with Gasteiger partial charge in [-0.2, -0.15) is 0 Å². The van der Waals surface area contributed by atoms with Gasteiger partial charge in [0, 0.05) is 26.9 Å². The van der Waals surface area contributed by atoms with E-state index < -0.39 is 0 Å². The van der Waals surface area contributed by atoms with E-state index in [0.29, 0.717) is 27.0 Å². The maximum atomic E-state index is 12.7. The number of methoxy groups -OCH3 is 1. The van der Waals surface area contributed by atoms with Crippen LogP contribution >= 0.6 is 23.2 Å². The van der Waals surface area contributed by atoms with E-state index in [1.165, 1.54) is 5.56 Å². The molecule has 1 amide bonds. The number of carbonyl (C=O) groups excluding carboxylic acids is 1. The largest absolute Gasteiger partial charge is 0.496 e. The van der Waals surface area contributed by atoms with Crippen molar-refractivity contribution in [3.05, 3.63) is 86.9 Å². The van der Waals surface area contributed by atoms with Crippen LogP contribution in [0.1, 0.15) is 27.0 Å². The van der Waals surface area contributed by atoms with Crippen LogP contribution in [0.2, 0.25) is 10.0 Å². The van der Waals surface area contributed by atoms with Gasteiger partial charge in [0.15, 0.2) is 0 Å². The molecule has 150 valence electrons. The van der Waals surface area contributed by atoms with Gasteiger partial charge in [-0.1, -0.05) is 29.3 Å². The summed E-state index contributed by atoms with van der Waals surface area (Å²) in [5, 5.41) is 3.70. The van der Waals surface area contributed by atoms with Gasteiger partial charge < -0.3 is 14.8 Å². The molecule has 3 rings (SSSR count). The zero-order valence-corrected chi connectivity index (χ0v) is 17.9. The first-order valence-corrected chi connectivity index (χ1v) is 9.75. The van der Waals surface area contributed by atoms with Gasteiger partial charge in [0.2, 0.25) is 0 Å². The average Bonchev–Trinajstić information content (AvgIpc) is 2.67. The molecule has 0 unspecified atom stereocenters. The molecule has 3 aromatic carbocycles. The van der Waals surface area contributed by atoms with Gasteiger partial charge in [-0.25, -0.2) is 0 Å². The van der Waals surface area contributed by atoms with Gasteiger partial charge in [-0.15, -0.1) is 0 Å². The zero-order chi connectivity index (χ0) is 21.0. The minimum absolute atomic E-state index is 0.274. The van der Waals surface area contributed by atoms with E-state index in [9.17, 15) is 4.79 Å². The minimum Gasteiger partial charge on any atom is -0.496 e. The average molecular weight is 430 g/mol. The van der Waals surface area contributed by atoms with Gasteiger partial charge >= 0.3 is 0 Å². The fourth-order valence-corrected chi connectivity index (χ4v) is 3.35. The number of ether oxygens (including phenoxy) is 2. The van der Waals surface area contributed by atoms with Crippen molar-refractivity contribution in [1.29, 1.82) is 0 Å². The maximum absolute atomic E-state index is 12.7. The lowest BCUT2D eigenvalue weighted by molar-refractivity contribution is 0.102. The van der Waals surface area contributed by atoms with Crippen LogP contribution in [0.5, 0.6) is 11.5 Å². The molecule has 0 saturated heterocycles. The number of halogens is 2. The molecule has 0 aliphatic heterocycles. The summed E-state index contributed by atoms with van der Waals surface area (Å²) in [6, 6.07) is 16.0. The first kappa shape index (κ1) is 21.0. The van der Waals surface area contributed by atoms with Crippen LogP contribution in [0, 0.1) is 13.8 Å².